The molecule has 80 valence electrons. The first-order valence-corrected chi connectivity index (χ1v) is 5.07. The lowest BCUT2D eigenvalue weighted by Crippen LogP contribution is -2.19. The van der Waals surface area contributed by atoms with Crippen molar-refractivity contribution in [3.63, 3.8) is 0 Å². The molecule has 0 aromatic carbocycles. The van der Waals surface area contributed by atoms with Gasteiger partial charge < -0.3 is 10.8 Å². The van der Waals surface area contributed by atoms with Crippen molar-refractivity contribution in [2.24, 2.45) is 5.73 Å². The predicted octanol–water partition coefficient (Wildman–Crippen LogP) is 1.58. The summed E-state index contributed by atoms with van der Waals surface area (Å²) in [6.45, 7) is 1.90. The fraction of sp³-hybridized carbons (Fsp3) is 0.300. The van der Waals surface area contributed by atoms with Gasteiger partial charge in [-0.15, -0.1) is 0 Å². The van der Waals surface area contributed by atoms with E-state index in [4.69, 9.17) is 17.3 Å². The molecular formula is C10H12ClN3O. The van der Waals surface area contributed by atoms with Gasteiger partial charge in [-0.05, 0) is 19.1 Å². The van der Waals surface area contributed by atoms with Crippen LogP contribution in [0.1, 0.15) is 12.7 Å². The standard InChI is InChI=1S/C10H12ClN3O/c1-6(12)5-8-13-10(11)9-7(15)3-2-4-14(8)9/h2-4,6,15H,5,12H2,1H3. The molecule has 0 aliphatic rings. The average molecular weight is 226 g/mol. The summed E-state index contributed by atoms with van der Waals surface area (Å²) in [6, 6.07) is 3.33. The van der Waals surface area contributed by atoms with Crippen LogP contribution in [0.5, 0.6) is 5.75 Å². The second-order valence-corrected chi connectivity index (χ2v) is 3.97. The first kappa shape index (κ1) is 10.3. The van der Waals surface area contributed by atoms with E-state index in [0.29, 0.717) is 17.1 Å². The molecule has 1 atom stereocenters. The Balaban J connectivity index is 2.63. The zero-order valence-electron chi connectivity index (χ0n) is 8.31. The Kier molecular flexibility index (Phi) is 2.54. The molecule has 0 aliphatic carbocycles. The molecule has 0 fully saturated rings. The molecule has 0 bridgehead atoms. The van der Waals surface area contributed by atoms with Crippen molar-refractivity contribution in [3.05, 3.63) is 29.3 Å². The van der Waals surface area contributed by atoms with Crippen LogP contribution < -0.4 is 5.73 Å². The van der Waals surface area contributed by atoms with Gasteiger partial charge in [-0.25, -0.2) is 4.98 Å². The topological polar surface area (TPSA) is 63.5 Å². The zero-order chi connectivity index (χ0) is 11.0. The van der Waals surface area contributed by atoms with Crippen LogP contribution >= 0.6 is 11.6 Å². The van der Waals surface area contributed by atoms with Crippen LogP contribution in [0.25, 0.3) is 5.52 Å². The molecule has 2 heterocycles. The fourth-order valence-electron chi connectivity index (χ4n) is 1.57. The summed E-state index contributed by atoms with van der Waals surface area (Å²) in [5.41, 5.74) is 6.24. The third-order valence-corrected chi connectivity index (χ3v) is 2.44. The highest BCUT2D eigenvalue weighted by atomic mass is 35.5. The highest BCUT2D eigenvalue weighted by molar-refractivity contribution is 6.33. The first-order chi connectivity index (χ1) is 7.09. The number of nitrogens with zero attached hydrogens (tertiary/aromatic N) is 2. The van der Waals surface area contributed by atoms with Crippen LogP contribution in [0.3, 0.4) is 0 Å². The maximum atomic E-state index is 9.62. The van der Waals surface area contributed by atoms with E-state index in [-0.39, 0.29) is 11.8 Å². The number of nitrogens with two attached hydrogens (primary N) is 1. The molecule has 4 nitrogen and oxygen atoms in total. The van der Waals surface area contributed by atoms with E-state index >= 15 is 0 Å². The van der Waals surface area contributed by atoms with E-state index in [1.807, 2.05) is 13.1 Å². The van der Waals surface area contributed by atoms with Gasteiger partial charge in [0.2, 0.25) is 0 Å². The van der Waals surface area contributed by atoms with Crippen LogP contribution in [-0.2, 0) is 6.42 Å². The summed E-state index contributed by atoms with van der Waals surface area (Å²) in [6.07, 6.45) is 2.43. The van der Waals surface area contributed by atoms with Gasteiger partial charge in [0.05, 0.1) is 0 Å². The van der Waals surface area contributed by atoms with Gasteiger partial charge in [-0.1, -0.05) is 11.6 Å². The number of aromatic hydroxyl groups is 1. The zero-order valence-corrected chi connectivity index (χ0v) is 9.07. The maximum absolute atomic E-state index is 9.62. The van der Waals surface area contributed by atoms with Gasteiger partial charge in [0.15, 0.2) is 5.15 Å². The number of pyridine rings is 1. The Hall–Kier alpha value is -1.26. The minimum Gasteiger partial charge on any atom is -0.506 e. The van der Waals surface area contributed by atoms with Crippen LogP contribution in [0.4, 0.5) is 0 Å². The van der Waals surface area contributed by atoms with Crippen molar-refractivity contribution in [1.82, 2.24) is 9.38 Å². The molecule has 2 aromatic rings. The summed E-state index contributed by atoms with van der Waals surface area (Å²) in [7, 11) is 0. The van der Waals surface area contributed by atoms with Gasteiger partial charge >= 0.3 is 0 Å². The summed E-state index contributed by atoms with van der Waals surface area (Å²) in [5, 5.41) is 9.93. The number of hydrogen-bond acceptors (Lipinski definition) is 3. The molecule has 15 heavy (non-hydrogen) atoms. The second-order valence-electron chi connectivity index (χ2n) is 3.61. The van der Waals surface area contributed by atoms with Gasteiger partial charge in [-0.3, -0.25) is 4.40 Å². The number of aromatic nitrogens is 2. The Morgan fingerprint density at radius 2 is 2.40 bits per heavy atom. The van der Waals surface area contributed by atoms with Crippen LogP contribution in [-0.4, -0.2) is 20.5 Å². The molecule has 0 amide bonds. The highest BCUT2D eigenvalue weighted by Crippen LogP contribution is 2.26. The summed E-state index contributed by atoms with van der Waals surface area (Å²) in [5.74, 6) is 0.895. The lowest BCUT2D eigenvalue weighted by Gasteiger charge is -2.04. The molecule has 3 N–H and O–H groups in total. The van der Waals surface area contributed by atoms with Crippen LogP contribution in [0, 0.1) is 0 Å². The molecule has 0 radical (unpaired) electrons. The molecule has 0 spiro atoms. The third-order valence-electron chi connectivity index (χ3n) is 2.18. The summed E-state index contributed by atoms with van der Waals surface area (Å²) >= 11 is 5.93. The number of imidazole rings is 1. The normalized spacial score (nSPS) is 13.3. The number of rotatable bonds is 2. The predicted molar refractivity (Wildman–Crippen MR) is 59.2 cm³/mol. The molecule has 2 rings (SSSR count). The number of halogens is 1. The van der Waals surface area contributed by atoms with Gasteiger partial charge in [-0.2, -0.15) is 0 Å². The Bertz CT molecular complexity index is 493. The lowest BCUT2D eigenvalue weighted by molar-refractivity contribution is 0.478. The number of hydrogen-bond donors (Lipinski definition) is 2. The summed E-state index contributed by atoms with van der Waals surface area (Å²) in [4.78, 5) is 4.18. The molecule has 0 saturated heterocycles. The molecular weight excluding hydrogens is 214 g/mol. The van der Waals surface area contributed by atoms with Gasteiger partial charge in [0.1, 0.15) is 17.1 Å². The second kappa shape index (κ2) is 3.72. The minimum absolute atomic E-state index is 0.00835. The van der Waals surface area contributed by atoms with E-state index in [1.165, 1.54) is 0 Å². The van der Waals surface area contributed by atoms with Crippen molar-refractivity contribution >= 4 is 17.1 Å². The molecule has 0 aliphatic heterocycles. The quantitative estimate of drug-likeness (QED) is 0.816. The van der Waals surface area contributed by atoms with Crippen LogP contribution in [0.2, 0.25) is 5.15 Å². The largest absolute Gasteiger partial charge is 0.506 e. The maximum Gasteiger partial charge on any atom is 0.158 e. The smallest absolute Gasteiger partial charge is 0.158 e. The Morgan fingerprint density at radius 1 is 1.67 bits per heavy atom. The van der Waals surface area contributed by atoms with Crippen molar-refractivity contribution in [2.45, 2.75) is 19.4 Å². The van der Waals surface area contributed by atoms with Crippen molar-refractivity contribution in [1.29, 1.82) is 0 Å². The van der Waals surface area contributed by atoms with E-state index in [2.05, 4.69) is 4.98 Å². The lowest BCUT2D eigenvalue weighted by atomic mass is 10.2. The molecule has 1 unspecified atom stereocenters. The minimum atomic E-state index is 0.00835. The van der Waals surface area contributed by atoms with E-state index in [0.717, 1.165) is 5.82 Å². The summed E-state index contributed by atoms with van der Waals surface area (Å²) < 4.78 is 1.76. The molecule has 2 aromatic heterocycles. The fourth-order valence-corrected chi connectivity index (χ4v) is 1.85. The average Bonchev–Trinajstić information content (AvgIpc) is 2.44. The molecule has 5 heteroatoms. The molecule has 0 saturated carbocycles. The van der Waals surface area contributed by atoms with E-state index in [1.54, 1.807) is 16.5 Å². The van der Waals surface area contributed by atoms with Crippen molar-refractivity contribution < 1.29 is 5.11 Å². The first-order valence-electron chi connectivity index (χ1n) is 4.69. The monoisotopic (exact) mass is 225 g/mol. The van der Waals surface area contributed by atoms with Crippen molar-refractivity contribution in [2.75, 3.05) is 0 Å². The van der Waals surface area contributed by atoms with Gasteiger partial charge in [0.25, 0.3) is 0 Å². The van der Waals surface area contributed by atoms with Crippen LogP contribution in [0.15, 0.2) is 18.3 Å². The van der Waals surface area contributed by atoms with E-state index in [9.17, 15) is 5.11 Å². The highest BCUT2D eigenvalue weighted by Gasteiger charge is 2.13. The van der Waals surface area contributed by atoms with Gasteiger partial charge in [0, 0.05) is 18.7 Å². The van der Waals surface area contributed by atoms with E-state index < -0.39 is 0 Å². The number of fused-ring (bicyclic) bond motifs is 1. The Labute approximate surface area is 92.3 Å². The Morgan fingerprint density at radius 3 is 3.07 bits per heavy atom. The van der Waals surface area contributed by atoms with Crippen molar-refractivity contribution in [3.8, 4) is 5.75 Å². The SMILES string of the molecule is CC(N)Cc1nc(Cl)c2c(O)cccn12. The third kappa shape index (κ3) is 1.78.